The van der Waals surface area contributed by atoms with Crippen LogP contribution in [-0.2, 0) is 0 Å². The summed E-state index contributed by atoms with van der Waals surface area (Å²) in [7, 11) is 0. The third-order valence-corrected chi connectivity index (χ3v) is 1.57. The average Bonchev–Trinajstić information content (AvgIpc) is 1.97. The smallest absolute Gasteiger partial charge is 0.333 e. The zero-order valence-electron chi connectivity index (χ0n) is 6.85. The van der Waals surface area contributed by atoms with E-state index in [0.717, 1.165) is 0 Å². The molecule has 0 aromatic heterocycles. The van der Waals surface area contributed by atoms with Crippen molar-refractivity contribution in [3.63, 3.8) is 0 Å². The Bertz CT molecular complexity index is 341. The van der Waals surface area contributed by atoms with E-state index in [9.17, 15) is 15.2 Å². The summed E-state index contributed by atoms with van der Waals surface area (Å²) in [5, 5.41) is 19.6. The largest absolute Gasteiger partial charge is 0.502 e. The van der Waals surface area contributed by atoms with Crippen molar-refractivity contribution in [2.45, 2.75) is 6.92 Å². The van der Waals surface area contributed by atoms with Crippen LogP contribution >= 0.6 is 12.4 Å². The van der Waals surface area contributed by atoms with Gasteiger partial charge in [-0.2, -0.15) is 0 Å². The van der Waals surface area contributed by atoms with Crippen LogP contribution in [0.1, 0.15) is 5.56 Å². The van der Waals surface area contributed by atoms with Crippen molar-refractivity contribution < 1.29 is 10.0 Å². The molecular weight excluding hydrogens is 196 g/mol. The quantitative estimate of drug-likeness (QED) is 0.413. The molecule has 72 valence electrons. The molecule has 0 amide bonds. The van der Waals surface area contributed by atoms with E-state index in [1.54, 1.807) is 6.92 Å². The highest BCUT2D eigenvalue weighted by Gasteiger charge is 2.18. The van der Waals surface area contributed by atoms with Crippen LogP contribution in [0.25, 0.3) is 0 Å². The molecule has 0 heterocycles. The lowest BCUT2D eigenvalue weighted by Gasteiger charge is -2.01. The second-order valence-electron chi connectivity index (χ2n) is 2.43. The van der Waals surface area contributed by atoms with Gasteiger partial charge in [0.25, 0.3) is 0 Å². The molecule has 0 aliphatic heterocycles. The van der Waals surface area contributed by atoms with Gasteiger partial charge in [-0.3, -0.25) is 10.1 Å². The van der Waals surface area contributed by atoms with Crippen LogP contribution < -0.4 is 5.73 Å². The molecule has 0 fully saturated rings. The van der Waals surface area contributed by atoms with Crippen molar-refractivity contribution in [3.8, 4) is 5.75 Å². The van der Waals surface area contributed by atoms with Crippen LogP contribution in [0.4, 0.5) is 11.4 Å². The van der Waals surface area contributed by atoms with E-state index in [2.05, 4.69) is 0 Å². The van der Waals surface area contributed by atoms with E-state index < -0.39 is 10.6 Å². The zero-order valence-corrected chi connectivity index (χ0v) is 7.67. The number of phenolic OH excluding ortho intramolecular Hbond substituents is 1. The minimum Gasteiger partial charge on any atom is -0.502 e. The summed E-state index contributed by atoms with van der Waals surface area (Å²) in [6.07, 6.45) is 0. The van der Waals surface area contributed by atoms with Crippen molar-refractivity contribution in [1.82, 2.24) is 0 Å². The van der Waals surface area contributed by atoms with Crippen LogP contribution in [0.2, 0.25) is 0 Å². The number of benzene rings is 1. The van der Waals surface area contributed by atoms with Crippen molar-refractivity contribution in [2.24, 2.45) is 0 Å². The van der Waals surface area contributed by atoms with Crippen LogP contribution in [0.5, 0.6) is 5.75 Å². The first-order valence-corrected chi connectivity index (χ1v) is 3.26. The number of aryl methyl sites for hydroxylation is 1. The molecule has 0 spiro atoms. The van der Waals surface area contributed by atoms with Gasteiger partial charge in [0.2, 0.25) is 0 Å². The normalized spacial score (nSPS) is 9.00. The van der Waals surface area contributed by atoms with Crippen molar-refractivity contribution in [1.29, 1.82) is 0 Å². The molecule has 0 aliphatic carbocycles. The van der Waals surface area contributed by atoms with E-state index in [4.69, 9.17) is 5.73 Å². The first kappa shape index (κ1) is 11.5. The standard InChI is InChI=1S/C7H8N2O3.ClH/c1-4-2-3-5(8)6(7(4)10)9(11)12;/h2-3,10H,8H2,1H3;1H. The fourth-order valence-electron chi connectivity index (χ4n) is 0.888. The number of phenols is 1. The maximum atomic E-state index is 10.4. The number of rotatable bonds is 1. The van der Waals surface area contributed by atoms with Crippen molar-refractivity contribution in [2.75, 3.05) is 5.73 Å². The van der Waals surface area contributed by atoms with Gasteiger partial charge >= 0.3 is 5.69 Å². The molecule has 0 unspecified atom stereocenters. The summed E-state index contributed by atoms with van der Waals surface area (Å²) in [4.78, 5) is 9.66. The number of halogens is 1. The van der Waals surface area contributed by atoms with Crippen molar-refractivity contribution >= 4 is 23.8 Å². The molecule has 0 saturated carbocycles. The first-order chi connectivity index (χ1) is 5.54. The molecule has 0 radical (unpaired) electrons. The Morgan fingerprint density at radius 1 is 1.54 bits per heavy atom. The summed E-state index contributed by atoms with van der Waals surface area (Å²) in [5.74, 6) is -0.361. The summed E-state index contributed by atoms with van der Waals surface area (Å²) < 4.78 is 0. The highest BCUT2D eigenvalue weighted by molar-refractivity contribution is 5.85. The lowest BCUT2D eigenvalue weighted by Crippen LogP contribution is -1.96. The van der Waals surface area contributed by atoms with Gasteiger partial charge in [-0.05, 0) is 18.6 Å². The molecule has 0 aliphatic rings. The number of nitro groups is 1. The highest BCUT2D eigenvalue weighted by Crippen LogP contribution is 2.34. The van der Waals surface area contributed by atoms with Gasteiger partial charge in [0, 0.05) is 0 Å². The summed E-state index contributed by atoms with van der Waals surface area (Å²) in [6, 6.07) is 2.92. The number of hydrogen-bond donors (Lipinski definition) is 2. The van der Waals surface area contributed by atoms with Gasteiger partial charge < -0.3 is 10.8 Å². The first-order valence-electron chi connectivity index (χ1n) is 3.26. The van der Waals surface area contributed by atoms with Crippen LogP contribution in [-0.4, -0.2) is 10.0 Å². The minimum absolute atomic E-state index is 0. The fourth-order valence-corrected chi connectivity index (χ4v) is 0.888. The third kappa shape index (κ3) is 2.00. The topological polar surface area (TPSA) is 89.4 Å². The molecule has 1 rings (SSSR count). The van der Waals surface area contributed by atoms with E-state index in [1.807, 2.05) is 0 Å². The van der Waals surface area contributed by atoms with Gasteiger partial charge in [-0.15, -0.1) is 12.4 Å². The second-order valence-corrected chi connectivity index (χ2v) is 2.43. The van der Waals surface area contributed by atoms with Gasteiger partial charge in [-0.25, -0.2) is 0 Å². The average molecular weight is 205 g/mol. The Labute approximate surface area is 80.7 Å². The van der Waals surface area contributed by atoms with Gasteiger partial charge in [0.1, 0.15) is 5.69 Å². The molecule has 1 aromatic carbocycles. The number of nitro benzene ring substituents is 1. The zero-order chi connectivity index (χ0) is 9.30. The Hall–Kier alpha value is -1.49. The Morgan fingerprint density at radius 2 is 2.08 bits per heavy atom. The van der Waals surface area contributed by atoms with Crippen LogP contribution in [0, 0.1) is 17.0 Å². The molecule has 3 N–H and O–H groups in total. The predicted octanol–water partition coefficient (Wildman–Crippen LogP) is 1.61. The summed E-state index contributed by atoms with van der Waals surface area (Å²) in [5.41, 5.74) is 5.28. The number of nitrogens with two attached hydrogens (primary N) is 1. The monoisotopic (exact) mass is 204 g/mol. The Balaban J connectivity index is 0.00000144. The lowest BCUT2D eigenvalue weighted by molar-refractivity contribution is -0.384. The van der Waals surface area contributed by atoms with Crippen LogP contribution in [0.3, 0.4) is 0 Å². The SMILES string of the molecule is Cc1ccc(N)c([N+](=O)[O-])c1O.Cl. The molecule has 6 heteroatoms. The predicted molar refractivity (Wildman–Crippen MR) is 51.2 cm³/mol. The Kier molecular flexibility index (Phi) is 3.50. The summed E-state index contributed by atoms with van der Waals surface area (Å²) in [6.45, 7) is 1.57. The number of nitrogens with zero attached hydrogens (tertiary/aromatic N) is 1. The van der Waals surface area contributed by atoms with E-state index in [0.29, 0.717) is 5.56 Å². The number of aromatic hydroxyl groups is 1. The molecule has 5 nitrogen and oxygen atoms in total. The molecule has 0 saturated heterocycles. The minimum atomic E-state index is -0.697. The lowest BCUT2D eigenvalue weighted by atomic mass is 10.1. The van der Waals surface area contributed by atoms with Gasteiger partial charge in [-0.1, -0.05) is 6.07 Å². The van der Waals surface area contributed by atoms with Crippen molar-refractivity contribution in [3.05, 3.63) is 27.8 Å². The van der Waals surface area contributed by atoms with Gasteiger partial charge in [0.05, 0.1) is 4.92 Å². The Morgan fingerprint density at radius 3 is 2.46 bits per heavy atom. The second kappa shape index (κ2) is 3.95. The molecule has 1 aromatic rings. The fraction of sp³-hybridized carbons (Fsp3) is 0.143. The molecule has 13 heavy (non-hydrogen) atoms. The number of nitrogen functional groups attached to an aromatic ring is 1. The molecule has 0 bridgehead atoms. The van der Waals surface area contributed by atoms with Gasteiger partial charge in [0.15, 0.2) is 5.75 Å². The number of anilines is 1. The van der Waals surface area contributed by atoms with E-state index >= 15 is 0 Å². The maximum Gasteiger partial charge on any atom is 0.333 e. The van der Waals surface area contributed by atoms with E-state index in [-0.39, 0.29) is 23.8 Å². The molecular formula is C7H9ClN2O3. The molecule has 0 atom stereocenters. The third-order valence-electron chi connectivity index (χ3n) is 1.57. The summed E-state index contributed by atoms with van der Waals surface area (Å²) >= 11 is 0. The maximum absolute atomic E-state index is 10.4. The van der Waals surface area contributed by atoms with Crippen LogP contribution in [0.15, 0.2) is 12.1 Å². The number of hydrogen-bond acceptors (Lipinski definition) is 4. The highest BCUT2D eigenvalue weighted by atomic mass is 35.5. The van der Waals surface area contributed by atoms with E-state index in [1.165, 1.54) is 12.1 Å².